The molecule has 2 spiro atoms. The number of carbonyl (C=O) groups is 1. The van der Waals surface area contributed by atoms with Crippen LogP contribution in [0.3, 0.4) is 0 Å². The van der Waals surface area contributed by atoms with Gasteiger partial charge in [-0.3, -0.25) is 9.79 Å². The maximum atomic E-state index is 15.6. The molecule has 5 heteroatoms. The number of rotatable bonds is 4. The summed E-state index contributed by atoms with van der Waals surface area (Å²) in [6.45, 7) is 7.89. The molecule has 35 heavy (non-hydrogen) atoms. The van der Waals surface area contributed by atoms with Gasteiger partial charge in [0.25, 0.3) is 0 Å². The molecule has 1 heterocycles. The first-order valence-corrected chi connectivity index (χ1v) is 12.8. The molecule has 2 aliphatic carbocycles. The molecular weight excluding hydrogens is 439 g/mol. The second-order valence-corrected chi connectivity index (χ2v) is 10.6. The second kappa shape index (κ2) is 8.70. The van der Waals surface area contributed by atoms with E-state index in [0.717, 1.165) is 47.9 Å². The summed E-state index contributed by atoms with van der Waals surface area (Å²) in [4.78, 5) is 19.6. The van der Waals surface area contributed by atoms with E-state index >= 15 is 4.39 Å². The van der Waals surface area contributed by atoms with Crippen LogP contribution in [0.25, 0.3) is 17.2 Å². The fourth-order valence-electron chi connectivity index (χ4n) is 7.01. The number of halogens is 1. The van der Waals surface area contributed by atoms with E-state index < -0.39 is 11.0 Å². The van der Waals surface area contributed by atoms with Crippen LogP contribution in [0, 0.1) is 23.1 Å². The Labute approximate surface area is 207 Å². The zero-order valence-corrected chi connectivity index (χ0v) is 20.9. The van der Waals surface area contributed by atoms with Gasteiger partial charge in [-0.1, -0.05) is 44.7 Å². The number of nitrogens with two attached hydrogens (primary N) is 1. The van der Waals surface area contributed by atoms with Crippen molar-refractivity contribution in [3.05, 3.63) is 65.5 Å². The molecular formula is C30H35FN2O2. The fourth-order valence-corrected chi connectivity index (χ4v) is 7.01. The molecule has 0 bridgehead atoms. The molecule has 3 unspecified atom stereocenters. The zero-order chi connectivity index (χ0) is 25.0. The van der Waals surface area contributed by atoms with E-state index in [1.54, 1.807) is 19.3 Å². The molecule has 0 aromatic heterocycles. The lowest BCUT2D eigenvalue weighted by atomic mass is 9.56. The minimum atomic E-state index is -1.07. The summed E-state index contributed by atoms with van der Waals surface area (Å²) in [6, 6.07) is 11.2. The third-order valence-electron chi connectivity index (χ3n) is 9.04. The summed E-state index contributed by atoms with van der Waals surface area (Å²) >= 11 is 0. The largest absolute Gasteiger partial charge is 0.387 e. The van der Waals surface area contributed by atoms with Gasteiger partial charge < -0.3 is 10.5 Å². The van der Waals surface area contributed by atoms with Crippen LogP contribution >= 0.6 is 0 Å². The molecule has 0 amide bonds. The maximum absolute atomic E-state index is 15.6. The number of carbonyl (C=O) groups excluding carboxylic acids is 1. The molecule has 0 radical (unpaired) electrons. The lowest BCUT2D eigenvalue weighted by Crippen LogP contribution is -2.57. The quantitative estimate of drug-likeness (QED) is 0.585. The summed E-state index contributed by atoms with van der Waals surface area (Å²) in [6.07, 6.45) is 6.59. The minimum absolute atomic E-state index is 0.0984. The van der Waals surface area contributed by atoms with Gasteiger partial charge in [-0.15, -0.1) is 0 Å². The first-order chi connectivity index (χ1) is 16.8. The molecule has 1 saturated carbocycles. The Morgan fingerprint density at radius 2 is 2.00 bits per heavy atom. The van der Waals surface area contributed by atoms with E-state index in [1.165, 1.54) is 0 Å². The predicted octanol–water partition coefficient (Wildman–Crippen LogP) is 6.06. The molecule has 1 fully saturated rings. The number of fused-ring (bicyclic) bond motifs is 3. The van der Waals surface area contributed by atoms with Crippen LogP contribution in [0.1, 0.15) is 62.6 Å². The molecule has 3 atom stereocenters. The fraction of sp³-hybridized carbons (Fsp3) is 0.467. The summed E-state index contributed by atoms with van der Waals surface area (Å²) in [5, 5.41) is 0. The van der Waals surface area contributed by atoms with E-state index in [9.17, 15) is 4.79 Å². The number of hydrogen-bond donors (Lipinski definition) is 1. The molecule has 2 N–H and O–H groups in total. The van der Waals surface area contributed by atoms with Gasteiger partial charge in [-0.2, -0.15) is 0 Å². The Kier molecular flexibility index (Phi) is 5.95. The number of nitrogens with zero attached hydrogens (tertiary/aromatic N) is 1. The molecule has 2 aromatic rings. The number of amidine groups is 1. The Morgan fingerprint density at radius 3 is 2.66 bits per heavy atom. The molecule has 184 valence electrons. The number of aliphatic imine (C=N–C) groups is 1. The van der Waals surface area contributed by atoms with E-state index in [4.69, 9.17) is 15.5 Å². The van der Waals surface area contributed by atoms with Crippen LogP contribution in [0.4, 0.5) is 4.39 Å². The van der Waals surface area contributed by atoms with E-state index in [2.05, 4.69) is 6.58 Å². The van der Waals surface area contributed by atoms with Gasteiger partial charge in [0.1, 0.15) is 5.82 Å². The average Bonchev–Trinajstić information content (AvgIpc) is 3.11. The van der Waals surface area contributed by atoms with Crippen LogP contribution in [0.15, 0.2) is 48.0 Å². The van der Waals surface area contributed by atoms with E-state index in [0.29, 0.717) is 24.2 Å². The average molecular weight is 475 g/mol. The molecule has 4 nitrogen and oxygen atoms in total. The van der Waals surface area contributed by atoms with Crippen LogP contribution in [0.5, 0.6) is 0 Å². The normalized spacial score (nSPS) is 32.1. The van der Waals surface area contributed by atoms with Crippen molar-refractivity contribution in [3.8, 4) is 11.1 Å². The predicted molar refractivity (Wildman–Crippen MR) is 139 cm³/mol. The van der Waals surface area contributed by atoms with Crippen LogP contribution in [0.2, 0.25) is 0 Å². The van der Waals surface area contributed by atoms with Gasteiger partial charge in [0.15, 0.2) is 11.3 Å². The highest BCUT2D eigenvalue weighted by molar-refractivity contribution is 6.03. The zero-order valence-electron chi connectivity index (χ0n) is 20.9. The van der Waals surface area contributed by atoms with Crippen molar-refractivity contribution in [3.63, 3.8) is 0 Å². The van der Waals surface area contributed by atoms with Gasteiger partial charge in [0.05, 0.1) is 11.9 Å². The number of ether oxygens (including phenoxy) is 1. The number of Topliss-reactive ketones (excluding diaryl/α,β-unsaturated/α-hetero) is 1. The summed E-state index contributed by atoms with van der Waals surface area (Å²) in [7, 11) is 1.75. The smallest absolute Gasteiger partial charge is 0.169 e. The Hall–Kier alpha value is -2.79. The van der Waals surface area contributed by atoms with Crippen LogP contribution < -0.4 is 5.73 Å². The lowest BCUT2D eigenvalue weighted by molar-refractivity contribution is -0.137. The summed E-state index contributed by atoms with van der Waals surface area (Å²) < 4.78 is 21.2. The van der Waals surface area contributed by atoms with Crippen molar-refractivity contribution in [2.75, 3.05) is 7.11 Å². The van der Waals surface area contributed by atoms with E-state index in [1.807, 2.05) is 44.2 Å². The molecule has 2 aromatic carbocycles. The molecule has 3 aliphatic rings. The Balaban J connectivity index is 1.75. The van der Waals surface area contributed by atoms with Crippen molar-refractivity contribution >= 4 is 17.7 Å². The maximum Gasteiger partial charge on any atom is 0.169 e. The number of methoxy groups -OCH3 is 1. The van der Waals surface area contributed by atoms with Crippen molar-refractivity contribution in [2.24, 2.45) is 28.0 Å². The van der Waals surface area contributed by atoms with Gasteiger partial charge in [0, 0.05) is 29.9 Å². The van der Waals surface area contributed by atoms with Gasteiger partial charge in [0.2, 0.25) is 0 Å². The van der Waals surface area contributed by atoms with Crippen LogP contribution in [-0.2, 0) is 21.5 Å². The summed E-state index contributed by atoms with van der Waals surface area (Å²) in [5.74, 6) is 0.112. The van der Waals surface area contributed by atoms with Crippen molar-refractivity contribution in [1.29, 1.82) is 0 Å². The first kappa shape index (κ1) is 23.9. The third kappa shape index (κ3) is 3.42. The lowest BCUT2D eigenvalue weighted by Gasteiger charge is -2.50. The molecule has 1 aliphatic heterocycles. The topological polar surface area (TPSA) is 64.7 Å². The first-order valence-electron chi connectivity index (χ1n) is 12.8. The van der Waals surface area contributed by atoms with Gasteiger partial charge in [-0.05, 0) is 79.0 Å². The van der Waals surface area contributed by atoms with Crippen molar-refractivity contribution in [1.82, 2.24) is 0 Å². The van der Waals surface area contributed by atoms with E-state index in [-0.39, 0.29) is 29.5 Å². The standard InChI is InChI=1S/C30H35FN2O2/c1-5-19-8-7-9-20(14-19)24-16-25-21(15-26(24)31)17-29(12-10-22(35-4)11-13-29)30(25)27(34)23(6-2)18(3)28(32)33-30/h5,7-9,14-16,18,22-23H,1,6,10-13,17H2,2-4H3,(H2,32,33). The molecule has 0 saturated heterocycles. The van der Waals surface area contributed by atoms with Gasteiger partial charge >= 0.3 is 0 Å². The highest BCUT2D eigenvalue weighted by Crippen LogP contribution is 2.63. The monoisotopic (exact) mass is 474 g/mol. The van der Waals surface area contributed by atoms with Crippen molar-refractivity contribution < 1.29 is 13.9 Å². The Morgan fingerprint density at radius 1 is 1.26 bits per heavy atom. The Bertz CT molecular complexity index is 1210. The number of benzene rings is 2. The number of hydrogen-bond acceptors (Lipinski definition) is 4. The SMILES string of the molecule is C=Cc1cccc(-c2cc3c(cc2F)CC2(CCC(OC)CC2)C32N=C(N)C(C)C(CC)C2=O)c1. The number of ketones is 1. The highest BCUT2D eigenvalue weighted by Gasteiger charge is 2.65. The minimum Gasteiger partial charge on any atom is -0.387 e. The third-order valence-corrected chi connectivity index (χ3v) is 9.04. The van der Waals surface area contributed by atoms with Gasteiger partial charge in [-0.25, -0.2) is 4.39 Å². The van der Waals surface area contributed by atoms with Crippen LogP contribution in [-0.4, -0.2) is 24.8 Å². The second-order valence-electron chi connectivity index (χ2n) is 10.6. The molecule has 5 rings (SSSR count). The van der Waals surface area contributed by atoms with Crippen molar-refractivity contribution in [2.45, 2.75) is 64.0 Å². The summed E-state index contributed by atoms with van der Waals surface area (Å²) in [5.41, 5.74) is 8.98. The highest BCUT2D eigenvalue weighted by atomic mass is 19.1.